The summed E-state index contributed by atoms with van der Waals surface area (Å²) in [6, 6.07) is 6.24. The second-order valence-corrected chi connectivity index (χ2v) is 12.3. The number of likely N-dealkylation sites (tertiary alicyclic amines) is 1. The molecule has 194 valence electrons. The molecule has 1 saturated heterocycles. The maximum atomic E-state index is 13.5. The van der Waals surface area contributed by atoms with Gasteiger partial charge >= 0.3 is 5.69 Å². The fourth-order valence-electron chi connectivity index (χ4n) is 4.84. The zero-order valence-corrected chi connectivity index (χ0v) is 22.6. The number of piperidine rings is 1. The second-order valence-electron chi connectivity index (χ2n) is 9.22. The van der Waals surface area contributed by atoms with E-state index in [1.165, 1.54) is 25.1 Å². The molecule has 2 heterocycles. The molecule has 36 heavy (non-hydrogen) atoms. The number of sulfone groups is 1. The summed E-state index contributed by atoms with van der Waals surface area (Å²) in [5.74, 6) is -0.120. The highest BCUT2D eigenvalue weighted by Gasteiger charge is 2.23. The Morgan fingerprint density at radius 1 is 1.11 bits per heavy atom. The van der Waals surface area contributed by atoms with Crippen LogP contribution in [0.25, 0.3) is 10.9 Å². The van der Waals surface area contributed by atoms with Crippen LogP contribution in [0, 0.1) is 0 Å². The molecule has 3 aromatic rings. The van der Waals surface area contributed by atoms with E-state index in [1.54, 1.807) is 6.07 Å². The first-order chi connectivity index (χ1) is 17.1. The summed E-state index contributed by atoms with van der Waals surface area (Å²) in [4.78, 5) is 31.6. The van der Waals surface area contributed by atoms with Gasteiger partial charge in [-0.2, -0.15) is 0 Å². The van der Waals surface area contributed by atoms with Gasteiger partial charge in [-0.15, -0.1) is 0 Å². The third kappa shape index (κ3) is 5.26. The van der Waals surface area contributed by atoms with Gasteiger partial charge in [0, 0.05) is 24.2 Å². The maximum absolute atomic E-state index is 13.5. The largest absolute Gasteiger partial charge is 0.329 e. The molecule has 0 bridgehead atoms. The number of benzene rings is 2. The van der Waals surface area contributed by atoms with Crippen molar-refractivity contribution in [3.05, 3.63) is 71.8 Å². The lowest BCUT2D eigenvalue weighted by molar-refractivity contribution is 0.201. The van der Waals surface area contributed by atoms with E-state index in [0.29, 0.717) is 23.0 Å². The normalized spacial score (nSPS) is 17.1. The SMILES string of the molecule is CCc1cc2c(=O)n(Cc3cc(Cl)ccc3S(=O)(=O)CC)c(=O)[nH]c2c(Cl)c1CN1CCCC(N)C1. The van der Waals surface area contributed by atoms with Crippen LogP contribution in [0.2, 0.25) is 10.0 Å². The van der Waals surface area contributed by atoms with Crippen LogP contribution < -0.4 is 17.0 Å². The van der Waals surface area contributed by atoms with Gasteiger partial charge in [-0.1, -0.05) is 37.0 Å². The lowest BCUT2D eigenvalue weighted by atomic mass is 9.99. The number of nitrogens with one attached hydrogen (secondary N) is 1. The van der Waals surface area contributed by atoms with Gasteiger partial charge < -0.3 is 10.7 Å². The van der Waals surface area contributed by atoms with Crippen LogP contribution in [0.1, 0.15) is 43.4 Å². The van der Waals surface area contributed by atoms with Crippen molar-refractivity contribution < 1.29 is 8.42 Å². The van der Waals surface area contributed by atoms with Crippen LogP contribution in [0.3, 0.4) is 0 Å². The average molecular weight is 554 g/mol. The van der Waals surface area contributed by atoms with Crippen molar-refractivity contribution in [1.82, 2.24) is 14.5 Å². The van der Waals surface area contributed by atoms with Crippen molar-refractivity contribution in [2.24, 2.45) is 5.73 Å². The Morgan fingerprint density at radius 2 is 1.86 bits per heavy atom. The number of nitrogens with zero attached hydrogens (tertiary/aromatic N) is 2. The Labute approximate surface area is 219 Å². The fourth-order valence-corrected chi connectivity index (χ4v) is 6.47. The molecule has 0 amide bonds. The number of aromatic amines is 1. The molecular weight excluding hydrogens is 523 g/mol. The molecule has 0 spiro atoms. The van der Waals surface area contributed by atoms with Crippen LogP contribution in [0.15, 0.2) is 38.8 Å². The van der Waals surface area contributed by atoms with Crippen LogP contribution >= 0.6 is 23.2 Å². The molecule has 2 aromatic carbocycles. The number of nitrogens with two attached hydrogens (primary N) is 1. The first-order valence-electron chi connectivity index (χ1n) is 12.0. The van der Waals surface area contributed by atoms with Gasteiger partial charge in [0.25, 0.3) is 5.56 Å². The quantitative estimate of drug-likeness (QED) is 0.464. The summed E-state index contributed by atoms with van der Waals surface area (Å²) in [7, 11) is -3.60. The van der Waals surface area contributed by atoms with Crippen LogP contribution in [-0.4, -0.2) is 47.8 Å². The molecule has 1 aliphatic rings. The molecule has 1 aliphatic heterocycles. The van der Waals surface area contributed by atoms with E-state index in [-0.39, 0.29) is 39.7 Å². The molecule has 0 saturated carbocycles. The van der Waals surface area contributed by atoms with Gasteiger partial charge in [-0.05, 0) is 66.8 Å². The predicted molar refractivity (Wildman–Crippen MR) is 144 cm³/mol. The maximum Gasteiger partial charge on any atom is 0.329 e. The highest BCUT2D eigenvalue weighted by Crippen LogP contribution is 2.30. The Morgan fingerprint density at radius 3 is 2.53 bits per heavy atom. The van der Waals surface area contributed by atoms with Crippen LogP contribution in [0.5, 0.6) is 0 Å². The molecular formula is C25H30Cl2N4O4S. The van der Waals surface area contributed by atoms with E-state index in [9.17, 15) is 18.0 Å². The van der Waals surface area contributed by atoms with Crippen molar-refractivity contribution in [1.29, 1.82) is 0 Å². The fraction of sp³-hybridized carbons (Fsp3) is 0.440. The first kappa shape index (κ1) is 26.9. The lowest BCUT2D eigenvalue weighted by Crippen LogP contribution is -2.42. The third-order valence-corrected chi connectivity index (χ3v) is 9.26. The number of aromatic nitrogens is 2. The first-order valence-corrected chi connectivity index (χ1v) is 14.4. The molecule has 1 atom stereocenters. The third-order valence-electron chi connectivity index (χ3n) is 6.78. The molecule has 11 heteroatoms. The summed E-state index contributed by atoms with van der Waals surface area (Å²) < 4.78 is 26.2. The van der Waals surface area contributed by atoms with Crippen LogP contribution in [0.4, 0.5) is 0 Å². The van der Waals surface area contributed by atoms with E-state index >= 15 is 0 Å². The van der Waals surface area contributed by atoms with Gasteiger partial charge in [-0.3, -0.25) is 14.3 Å². The van der Waals surface area contributed by atoms with Gasteiger partial charge in [-0.25, -0.2) is 13.2 Å². The highest BCUT2D eigenvalue weighted by molar-refractivity contribution is 7.91. The van der Waals surface area contributed by atoms with Gasteiger partial charge in [0.2, 0.25) is 0 Å². The predicted octanol–water partition coefficient (Wildman–Crippen LogP) is 3.32. The van der Waals surface area contributed by atoms with E-state index in [4.69, 9.17) is 28.9 Å². The number of H-pyrrole nitrogens is 1. The topological polar surface area (TPSA) is 118 Å². The monoisotopic (exact) mass is 552 g/mol. The van der Waals surface area contributed by atoms with Gasteiger partial charge in [0.05, 0.1) is 33.1 Å². The zero-order valence-electron chi connectivity index (χ0n) is 20.3. The molecule has 1 aromatic heterocycles. The zero-order chi connectivity index (χ0) is 26.2. The number of aryl methyl sites for hydroxylation is 1. The lowest BCUT2D eigenvalue weighted by Gasteiger charge is -2.31. The Kier molecular flexibility index (Phi) is 7.97. The smallest absolute Gasteiger partial charge is 0.327 e. The van der Waals surface area contributed by atoms with Crippen molar-refractivity contribution >= 4 is 43.9 Å². The summed E-state index contributed by atoms with van der Waals surface area (Å²) in [5.41, 5.74) is 7.27. The summed E-state index contributed by atoms with van der Waals surface area (Å²) in [6.07, 6.45) is 2.65. The van der Waals surface area contributed by atoms with Crippen molar-refractivity contribution in [2.45, 2.75) is 57.1 Å². The minimum absolute atomic E-state index is 0.0446. The Hall–Kier alpha value is -2.17. The Bertz CT molecular complexity index is 1530. The molecule has 0 radical (unpaired) electrons. The Balaban J connectivity index is 1.83. The molecule has 3 N–H and O–H groups in total. The molecule has 8 nitrogen and oxygen atoms in total. The molecule has 0 aliphatic carbocycles. The molecule has 1 fully saturated rings. The minimum Gasteiger partial charge on any atom is -0.327 e. The van der Waals surface area contributed by atoms with E-state index in [0.717, 1.165) is 41.6 Å². The summed E-state index contributed by atoms with van der Waals surface area (Å²) in [6.45, 7) is 5.53. The second kappa shape index (κ2) is 10.7. The van der Waals surface area contributed by atoms with Crippen LogP contribution in [-0.2, 0) is 29.3 Å². The standard InChI is InChI=1S/C25H30Cl2N4O4S/c1-3-15-11-19-23(22(27)20(15)14-30-9-5-6-18(28)13-30)29-25(33)31(24(19)32)12-16-10-17(26)7-8-21(16)36(34,35)4-2/h7-8,10-11,18H,3-6,9,12-14,28H2,1-2H3,(H,29,33). The van der Waals surface area contributed by atoms with Gasteiger partial charge in [0.15, 0.2) is 9.84 Å². The van der Waals surface area contributed by atoms with Crippen molar-refractivity contribution in [2.75, 3.05) is 18.8 Å². The molecule has 1 unspecified atom stereocenters. The minimum atomic E-state index is -3.60. The molecule has 4 rings (SSSR count). The summed E-state index contributed by atoms with van der Waals surface area (Å²) >= 11 is 12.9. The van der Waals surface area contributed by atoms with Crippen molar-refractivity contribution in [3.63, 3.8) is 0 Å². The van der Waals surface area contributed by atoms with E-state index < -0.39 is 21.1 Å². The van der Waals surface area contributed by atoms with Gasteiger partial charge in [0.1, 0.15) is 0 Å². The number of hydrogen-bond donors (Lipinski definition) is 2. The van der Waals surface area contributed by atoms with Crippen molar-refractivity contribution in [3.8, 4) is 0 Å². The number of halogens is 2. The highest BCUT2D eigenvalue weighted by atomic mass is 35.5. The number of rotatable bonds is 7. The average Bonchev–Trinajstić information content (AvgIpc) is 2.84. The van der Waals surface area contributed by atoms with E-state index in [2.05, 4.69) is 9.88 Å². The number of hydrogen-bond acceptors (Lipinski definition) is 6. The number of fused-ring (bicyclic) bond motifs is 1. The summed E-state index contributed by atoms with van der Waals surface area (Å²) in [5, 5.41) is 0.933. The van der Waals surface area contributed by atoms with E-state index in [1.807, 2.05) is 6.92 Å².